The van der Waals surface area contributed by atoms with Crippen molar-refractivity contribution in [2.24, 2.45) is 5.14 Å². The van der Waals surface area contributed by atoms with Crippen LogP contribution in [0.5, 0.6) is 0 Å². The molecule has 39 heavy (non-hydrogen) atoms. The number of hydrogen-bond acceptors (Lipinski definition) is 10. The van der Waals surface area contributed by atoms with Gasteiger partial charge in [0.1, 0.15) is 12.1 Å². The van der Waals surface area contributed by atoms with E-state index in [-0.39, 0.29) is 38.3 Å². The second-order valence-corrected chi connectivity index (χ2v) is 12.2. The van der Waals surface area contributed by atoms with Gasteiger partial charge in [0.2, 0.25) is 16.0 Å². The first-order valence-corrected chi connectivity index (χ1v) is 14.6. The fourth-order valence-electron chi connectivity index (χ4n) is 3.53. The maximum atomic E-state index is 13.0. The fraction of sp³-hybridized carbons (Fsp3) is 0.217. The van der Waals surface area contributed by atoms with Crippen molar-refractivity contribution in [2.75, 3.05) is 23.4 Å². The number of hydrogen-bond donors (Lipinski definition) is 3. The third-order valence-electron chi connectivity index (χ3n) is 5.49. The number of nitrogens with two attached hydrogens (primary N) is 1. The zero-order valence-electron chi connectivity index (χ0n) is 20.4. The molecule has 1 atom stereocenters. The molecule has 0 amide bonds. The molecule has 0 aliphatic rings. The highest BCUT2D eigenvalue weighted by Gasteiger charge is 2.28. The zero-order chi connectivity index (χ0) is 28.6. The summed E-state index contributed by atoms with van der Waals surface area (Å²) in [5.74, 6) is -0.212. The maximum absolute atomic E-state index is 13.0. The number of fused-ring (bicyclic) bond motifs is 1. The van der Waals surface area contributed by atoms with Gasteiger partial charge < -0.3 is 10.6 Å². The van der Waals surface area contributed by atoms with Crippen molar-refractivity contribution in [3.63, 3.8) is 0 Å². The molecule has 11 nitrogen and oxygen atoms in total. The summed E-state index contributed by atoms with van der Waals surface area (Å²) in [6.45, 7) is 0.339. The van der Waals surface area contributed by atoms with Crippen molar-refractivity contribution in [2.45, 2.75) is 28.9 Å². The number of rotatable bonds is 8. The van der Waals surface area contributed by atoms with E-state index in [4.69, 9.17) is 5.14 Å². The van der Waals surface area contributed by atoms with E-state index in [0.29, 0.717) is 11.1 Å². The molecule has 16 heteroatoms. The topological polar surface area (TPSA) is 170 Å². The molecular formula is C23H22F3N7O4S2. The van der Waals surface area contributed by atoms with Crippen LogP contribution in [0.1, 0.15) is 18.5 Å². The lowest BCUT2D eigenvalue weighted by atomic mass is 10.1. The van der Waals surface area contributed by atoms with E-state index in [9.17, 15) is 30.0 Å². The van der Waals surface area contributed by atoms with Gasteiger partial charge in [0.05, 0.1) is 27.0 Å². The molecule has 0 saturated heterocycles. The van der Waals surface area contributed by atoms with Gasteiger partial charge in [-0.1, -0.05) is 12.1 Å². The Hall–Kier alpha value is -3.89. The van der Waals surface area contributed by atoms with E-state index in [0.717, 1.165) is 6.26 Å². The van der Waals surface area contributed by atoms with Gasteiger partial charge in [-0.25, -0.2) is 31.9 Å². The summed E-state index contributed by atoms with van der Waals surface area (Å²) in [5, 5.41) is 10.4. The fourth-order valence-corrected chi connectivity index (χ4v) is 4.64. The van der Waals surface area contributed by atoms with Crippen LogP contribution in [0.4, 0.5) is 24.9 Å². The average molecular weight is 582 g/mol. The maximum Gasteiger partial charge on any atom is 0.405 e. The monoisotopic (exact) mass is 581 g/mol. The lowest BCUT2D eigenvalue weighted by Gasteiger charge is -2.17. The van der Waals surface area contributed by atoms with Crippen LogP contribution in [0.2, 0.25) is 0 Å². The van der Waals surface area contributed by atoms with Crippen LogP contribution in [0, 0.1) is 0 Å². The van der Waals surface area contributed by atoms with Gasteiger partial charge in [-0.2, -0.15) is 18.2 Å². The van der Waals surface area contributed by atoms with Crippen molar-refractivity contribution in [1.29, 1.82) is 0 Å². The van der Waals surface area contributed by atoms with E-state index < -0.39 is 38.6 Å². The Morgan fingerprint density at radius 3 is 2.26 bits per heavy atom. The smallest absolute Gasteiger partial charge is 0.359 e. The van der Waals surface area contributed by atoms with Crippen molar-refractivity contribution < 1.29 is 30.0 Å². The van der Waals surface area contributed by atoms with E-state index in [2.05, 4.69) is 30.6 Å². The highest BCUT2D eigenvalue weighted by Crippen LogP contribution is 2.28. The Balaban J connectivity index is 1.72. The van der Waals surface area contributed by atoms with Crippen molar-refractivity contribution in [3.8, 4) is 11.3 Å². The van der Waals surface area contributed by atoms with E-state index in [1.165, 1.54) is 54.9 Å². The number of nitrogens with one attached hydrogen (secondary N) is 2. The summed E-state index contributed by atoms with van der Waals surface area (Å²) in [7, 11) is -7.43. The van der Waals surface area contributed by atoms with Crippen LogP contribution in [-0.4, -0.2) is 55.7 Å². The molecule has 206 valence electrons. The highest BCUT2D eigenvalue weighted by molar-refractivity contribution is 7.90. The molecule has 4 N–H and O–H groups in total. The molecule has 0 unspecified atom stereocenters. The molecule has 3 aromatic heterocycles. The Morgan fingerprint density at radius 1 is 0.949 bits per heavy atom. The van der Waals surface area contributed by atoms with Gasteiger partial charge in [0.25, 0.3) is 0 Å². The van der Waals surface area contributed by atoms with Crippen LogP contribution in [0.25, 0.3) is 22.3 Å². The second kappa shape index (κ2) is 10.3. The van der Waals surface area contributed by atoms with Crippen LogP contribution >= 0.6 is 0 Å². The van der Waals surface area contributed by atoms with Crippen LogP contribution in [0.3, 0.4) is 0 Å². The first-order chi connectivity index (χ1) is 18.1. The summed E-state index contributed by atoms with van der Waals surface area (Å²) in [5.41, 5.74) is 1.47. The van der Waals surface area contributed by atoms with Gasteiger partial charge in [0.15, 0.2) is 15.7 Å². The molecule has 0 aliphatic heterocycles. The Kier molecular flexibility index (Phi) is 7.46. The Labute approximate surface area is 221 Å². The quantitative estimate of drug-likeness (QED) is 0.281. The van der Waals surface area contributed by atoms with E-state index >= 15 is 0 Å². The number of sulfonamides is 1. The number of primary sulfonamides is 1. The largest absolute Gasteiger partial charge is 0.405 e. The molecule has 0 saturated carbocycles. The number of aromatic nitrogens is 4. The summed E-state index contributed by atoms with van der Waals surface area (Å²) in [4.78, 5) is 16.8. The van der Waals surface area contributed by atoms with Crippen molar-refractivity contribution >= 4 is 42.7 Å². The number of pyridine rings is 2. The first-order valence-electron chi connectivity index (χ1n) is 11.1. The number of benzene rings is 1. The minimum atomic E-state index is -4.55. The van der Waals surface area contributed by atoms with Crippen LogP contribution < -0.4 is 15.8 Å². The molecule has 4 aromatic rings. The molecule has 4 rings (SSSR count). The predicted molar refractivity (Wildman–Crippen MR) is 138 cm³/mol. The number of sulfone groups is 1. The normalized spacial score (nSPS) is 13.3. The van der Waals surface area contributed by atoms with Gasteiger partial charge in [0, 0.05) is 24.2 Å². The first kappa shape index (κ1) is 28.1. The number of alkyl halides is 3. The molecule has 0 aliphatic carbocycles. The molecule has 0 bridgehead atoms. The summed E-state index contributed by atoms with van der Waals surface area (Å²) in [6.07, 6.45) is -0.959. The van der Waals surface area contributed by atoms with Crippen LogP contribution in [0.15, 0.2) is 64.6 Å². The van der Waals surface area contributed by atoms with Gasteiger partial charge in [-0.15, -0.1) is 0 Å². The zero-order valence-corrected chi connectivity index (χ0v) is 22.1. The molecule has 0 fully saturated rings. The Morgan fingerprint density at radius 2 is 1.64 bits per heavy atom. The lowest BCUT2D eigenvalue weighted by molar-refractivity contribution is -0.115. The molecule has 0 radical (unpaired) electrons. The summed E-state index contributed by atoms with van der Waals surface area (Å²) in [6, 6.07) is 9.68. The van der Waals surface area contributed by atoms with Gasteiger partial charge in [-0.05, 0) is 42.8 Å². The lowest BCUT2D eigenvalue weighted by Crippen LogP contribution is -2.22. The summed E-state index contributed by atoms with van der Waals surface area (Å²) >= 11 is 0. The SMILES string of the molecule is C[C@@H](Nc1nc(NCC(F)(F)F)c2nc(-c3cncc(S(C)(=O)=O)c3)ccc2n1)c1ccc(S(N)(=O)=O)cc1. The standard InChI is InChI=1S/C23H22F3N7O4S2/c1-13(14-3-5-16(6-4-14)39(27,36)37)30-22-32-19-8-7-18(15-9-17(11-28-10-15)38(2,34)35)31-20(19)21(33-22)29-12-23(24,25)26/h3-11,13H,12H2,1-2H3,(H2,27,36,37)(H2,29,30,32,33)/t13-/m1/s1. The van der Waals surface area contributed by atoms with Crippen molar-refractivity contribution in [3.05, 3.63) is 60.4 Å². The number of nitrogens with zero attached hydrogens (tertiary/aromatic N) is 4. The number of anilines is 2. The summed E-state index contributed by atoms with van der Waals surface area (Å²) < 4.78 is 85.9. The third-order valence-corrected chi connectivity index (χ3v) is 7.50. The highest BCUT2D eigenvalue weighted by atomic mass is 32.2. The average Bonchev–Trinajstić information content (AvgIpc) is 2.85. The van der Waals surface area contributed by atoms with Gasteiger partial charge >= 0.3 is 6.18 Å². The van der Waals surface area contributed by atoms with Gasteiger partial charge in [-0.3, -0.25) is 4.98 Å². The Bertz CT molecular complexity index is 1750. The predicted octanol–water partition coefficient (Wildman–Crippen LogP) is 3.29. The van der Waals surface area contributed by atoms with E-state index in [1.807, 2.05) is 0 Å². The number of halogens is 3. The molecule has 0 spiro atoms. The minimum absolute atomic E-state index is 0.00881. The van der Waals surface area contributed by atoms with Crippen molar-refractivity contribution in [1.82, 2.24) is 19.9 Å². The minimum Gasteiger partial charge on any atom is -0.359 e. The third kappa shape index (κ3) is 6.96. The molecular weight excluding hydrogens is 559 g/mol. The second-order valence-electron chi connectivity index (χ2n) is 8.59. The molecule has 3 heterocycles. The molecule has 1 aromatic carbocycles. The van der Waals surface area contributed by atoms with E-state index in [1.54, 1.807) is 6.92 Å². The van der Waals surface area contributed by atoms with Crippen LogP contribution in [-0.2, 0) is 19.9 Å².